The molecule has 1 fully saturated rings. The lowest BCUT2D eigenvalue weighted by molar-refractivity contribution is 0.129. The van der Waals surface area contributed by atoms with E-state index in [0.717, 1.165) is 12.8 Å². The van der Waals surface area contributed by atoms with E-state index in [9.17, 15) is 8.42 Å². The van der Waals surface area contributed by atoms with Gasteiger partial charge in [-0.3, -0.25) is 4.98 Å². The molecule has 0 bridgehead atoms. The monoisotopic (exact) mass is 426 g/mol. The van der Waals surface area contributed by atoms with Gasteiger partial charge in [-0.25, -0.2) is 13.4 Å². The van der Waals surface area contributed by atoms with Crippen LogP contribution in [0.15, 0.2) is 59.9 Å². The largest absolute Gasteiger partial charge is 0.489 e. The Morgan fingerprint density at radius 1 is 1.07 bits per heavy atom. The number of pyridine rings is 1. The molecule has 156 valence electrons. The average molecular weight is 427 g/mol. The van der Waals surface area contributed by atoms with E-state index in [1.165, 1.54) is 10.5 Å². The fraction of sp³-hybridized carbons (Fsp3) is 0.250. The summed E-state index contributed by atoms with van der Waals surface area (Å²) in [5.41, 5.74) is 12.7. The molecule has 4 N–H and O–H groups in total. The van der Waals surface area contributed by atoms with Crippen LogP contribution in [0.4, 0.5) is 11.8 Å². The van der Waals surface area contributed by atoms with Crippen LogP contribution in [0.25, 0.3) is 11.1 Å². The number of nitrogen functional groups attached to an aromatic ring is 2. The van der Waals surface area contributed by atoms with Gasteiger partial charge in [0.05, 0.1) is 11.4 Å². The van der Waals surface area contributed by atoms with E-state index in [4.69, 9.17) is 16.2 Å². The van der Waals surface area contributed by atoms with Crippen LogP contribution in [0.1, 0.15) is 12.8 Å². The van der Waals surface area contributed by atoms with Crippen LogP contribution in [-0.2, 0) is 10.0 Å². The highest BCUT2D eigenvalue weighted by atomic mass is 32.2. The fourth-order valence-electron chi connectivity index (χ4n) is 3.42. The molecule has 0 spiro atoms. The first-order valence-corrected chi connectivity index (χ1v) is 10.9. The van der Waals surface area contributed by atoms with Crippen LogP contribution in [0, 0.1) is 0 Å². The van der Waals surface area contributed by atoms with Crippen molar-refractivity contribution in [3.8, 4) is 16.9 Å². The highest BCUT2D eigenvalue weighted by Gasteiger charge is 2.31. The minimum atomic E-state index is -3.64. The molecule has 1 aliphatic heterocycles. The molecule has 1 aromatic carbocycles. The molecule has 3 heterocycles. The van der Waals surface area contributed by atoms with Gasteiger partial charge in [0.1, 0.15) is 17.7 Å². The van der Waals surface area contributed by atoms with Crippen molar-refractivity contribution in [2.75, 3.05) is 24.6 Å². The first kappa shape index (κ1) is 20.0. The van der Waals surface area contributed by atoms with Gasteiger partial charge in [-0.1, -0.05) is 12.1 Å². The SMILES string of the molecule is Nc1ncc(-c2ccc(S(=O)(=O)N3CCCC(Oc4ccncc4)C3)cc2)c(N)n1. The molecule has 1 aliphatic rings. The molecule has 2 aromatic heterocycles. The van der Waals surface area contributed by atoms with Gasteiger partial charge in [0.2, 0.25) is 16.0 Å². The van der Waals surface area contributed by atoms with E-state index < -0.39 is 10.0 Å². The summed E-state index contributed by atoms with van der Waals surface area (Å²) in [6.45, 7) is 0.754. The van der Waals surface area contributed by atoms with Crippen molar-refractivity contribution in [3.63, 3.8) is 0 Å². The Hall–Kier alpha value is -3.24. The summed E-state index contributed by atoms with van der Waals surface area (Å²) in [5, 5.41) is 0. The molecule has 0 radical (unpaired) electrons. The molecule has 9 nitrogen and oxygen atoms in total. The van der Waals surface area contributed by atoms with Gasteiger partial charge in [-0.2, -0.15) is 9.29 Å². The second-order valence-electron chi connectivity index (χ2n) is 6.98. The summed E-state index contributed by atoms with van der Waals surface area (Å²) in [5.74, 6) is 1.01. The summed E-state index contributed by atoms with van der Waals surface area (Å²) >= 11 is 0. The molecule has 0 saturated carbocycles. The first-order chi connectivity index (χ1) is 14.4. The third kappa shape index (κ3) is 4.19. The van der Waals surface area contributed by atoms with E-state index in [1.54, 1.807) is 48.8 Å². The van der Waals surface area contributed by atoms with Gasteiger partial charge in [-0.05, 0) is 42.7 Å². The van der Waals surface area contributed by atoms with Crippen LogP contribution < -0.4 is 16.2 Å². The number of hydrogen-bond acceptors (Lipinski definition) is 8. The van der Waals surface area contributed by atoms with Crippen molar-refractivity contribution in [1.82, 2.24) is 19.3 Å². The minimum absolute atomic E-state index is 0.0871. The van der Waals surface area contributed by atoms with Crippen LogP contribution in [0.3, 0.4) is 0 Å². The predicted octanol–water partition coefficient (Wildman–Crippen LogP) is 1.94. The predicted molar refractivity (Wildman–Crippen MR) is 113 cm³/mol. The Bertz CT molecular complexity index is 1120. The Labute approximate surface area is 174 Å². The Morgan fingerprint density at radius 3 is 2.50 bits per heavy atom. The molecule has 0 amide bonds. The number of rotatable bonds is 5. The van der Waals surface area contributed by atoms with Crippen molar-refractivity contribution in [3.05, 3.63) is 55.0 Å². The zero-order chi connectivity index (χ0) is 21.1. The van der Waals surface area contributed by atoms with Gasteiger partial charge in [0, 0.05) is 30.7 Å². The number of benzene rings is 1. The summed E-state index contributed by atoms with van der Waals surface area (Å²) in [4.78, 5) is 12.1. The van der Waals surface area contributed by atoms with E-state index in [-0.39, 0.29) is 22.8 Å². The van der Waals surface area contributed by atoms with Crippen molar-refractivity contribution in [2.24, 2.45) is 0 Å². The zero-order valence-corrected chi connectivity index (χ0v) is 17.0. The fourth-order valence-corrected chi connectivity index (χ4v) is 4.93. The summed E-state index contributed by atoms with van der Waals surface area (Å²) in [6.07, 6.45) is 6.13. The van der Waals surface area contributed by atoms with E-state index in [2.05, 4.69) is 15.0 Å². The molecular formula is C20H22N6O3S. The number of piperidine rings is 1. The number of ether oxygens (including phenoxy) is 1. The van der Waals surface area contributed by atoms with Crippen molar-refractivity contribution in [1.29, 1.82) is 0 Å². The molecule has 0 aliphatic carbocycles. The zero-order valence-electron chi connectivity index (χ0n) is 16.2. The topological polar surface area (TPSA) is 137 Å². The smallest absolute Gasteiger partial charge is 0.243 e. The van der Waals surface area contributed by atoms with E-state index in [1.807, 2.05) is 0 Å². The number of anilines is 2. The molecule has 1 unspecified atom stereocenters. The Morgan fingerprint density at radius 2 is 1.80 bits per heavy atom. The Balaban J connectivity index is 1.51. The van der Waals surface area contributed by atoms with Gasteiger partial charge in [0.25, 0.3) is 0 Å². The van der Waals surface area contributed by atoms with Crippen LogP contribution in [0.5, 0.6) is 5.75 Å². The van der Waals surface area contributed by atoms with Crippen LogP contribution >= 0.6 is 0 Å². The molecule has 3 aromatic rings. The standard InChI is InChI=1S/C20H22N6O3S/c21-19-18(12-24-20(22)25-19)14-3-5-17(6-4-14)30(27,28)26-11-1-2-16(13-26)29-15-7-9-23-10-8-15/h3-10,12,16H,1-2,11,13H2,(H4,21,22,24,25). The summed E-state index contributed by atoms with van der Waals surface area (Å²) in [6, 6.07) is 10.0. The van der Waals surface area contributed by atoms with Crippen molar-refractivity contribution in [2.45, 2.75) is 23.8 Å². The van der Waals surface area contributed by atoms with Crippen LogP contribution in [0.2, 0.25) is 0 Å². The normalized spacial score (nSPS) is 17.5. The molecular weight excluding hydrogens is 404 g/mol. The number of aromatic nitrogens is 3. The summed E-state index contributed by atoms with van der Waals surface area (Å²) in [7, 11) is -3.64. The number of hydrogen-bond donors (Lipinski definition) is 2. The molecule has 30 heavy (non-hydrogen) atoms. The molecule has 10 heteroatoms. The quantitative estimate of drug-likeness (QED) is 0.631. The van der Waals surface area contributed by atoms with Crippen LogP contribution in [-0.4, -0.2) is 46.9 Å². The average Bonchev–Trinajstić information content (AvgIpc) is 2.75. The van der Waals surface area contributed by atoms with Gasteiger partial charge in [0.15, 0.2) is 0 Å². The first-order valence-electron chi connectivity index (χ1n) is 9.49. The van der Waals surface area contributed by atoms with E-state index >= 15 is 0 Å². The van der Waals surface area contributed by atoms with Crippen molar-refractivity contribution >= 4 is 21.8 Å². The van der Waals surface area contributed by atoms with E-state index in [0.29, 0.717) is 30.0 Å². The number of nitrogens with zero attached hydrogens (tertiary/aromatic N) is 4. The summed E-state index contributed by atoms with van der Waals surface area (Å²) < 4.78 is 33.7. The minimum Gasteiger partial charge on any atom is -0.489 e. The van der Waals surface area contributed by atoms with Gasteiger partial charge >= 0.3 is 0 Å². The highest BCUT2D eigenvalue weighted by molar-refractivity contribution is 7.89. The number of nitrogens with two attached hydrogens (primary N) is 2. The van der Waals surface area contributed by atoms with Gasteiger partial charge in [-0.15, -0.1) is 0 Å². The molecule has 4 rings (SSSR count). The lowest BCUT2D eigenvalue weighted by Crippen LogP contribution is -2.44. The third-order valence-corrected chi connectivity index (χ3v) is 6.81. The third-order valence-electron chi connectivity index (χ3n) is 4.93. The second kappa shape index (κ2) is 8.25. The number of sulfonamides is 1. The maximum Gasteiger partial charge on any atom is 0.243 e. The Kier molecular flexibility index (Phi) is 5.51. The maximum atomic E-state index is 13.1. The molecule has 1 atom stereocenters. The van der Waals surface area contributed by atoms with Gasteiger partial charge < -0.3 is 16.2 Å². The van der Waals surface area contributed by atoms with Crippen molar-refractivity contribution < 1.29 is 13.2 Å². The lowest BCUT2D eigenvalue weighted by Gasteiger charge is -2.32. The second-order valence-corrected chi connectivity index (χ2v) is 8.92. The molecule has 1 saturated heterocycles. The maximum absolute atomic E-state index is 13.1. The highest BCUT2D eigenvalue weighted by Crippen LogP contribution is 2.28. The lowest BCUT2D eigenvalue weighted by atomic mass is 10.1.